The Morgan fingerprint density at radius 3 is 2.35 bits per heavy atom. The van der Waals surface area contributed by atoms with Crippen LogP contribution >= 0.6 is 0 Å². The van der Waals surface area contributed by atoms with E-state index in [1.165, 1.54) is 25.7 Å². The maximum Gasteiger partial charge on any atom is 0.309 e. The summed E-state index contributed by atoms with van der Waals surface area (Å²) in [5.74, 6) is 2.24. The van der Waals surface area contributed by atoms with Gasteiger partial charge in [0.15, 0.2) is 0 Å². The summed E-state index contributed by atoms with van der Waals surface area (Å²) in [5, 5.41) is 20.0. The number of fused-ring (bicyclic) bond motifs is 5. The molecule has 4 aliphatic rings. The quantitative estimate of drug-likeness (QED) is 0.403. The van der Waals surface area contributed by atoms with Crippen LogP contribution in [0.2, 0.25) is 0 Å². The molecule has 0 aromatic carbocycles. The second-order valence-corrected chi connectivity index (χ2v) is 14.7. The van der Waals surface area contributed by atoms with Crippen molar-refractivity contribution in [3.05, 3.63) is 11.6 Å². The fourth-order valence-electron chi connectivity index (χ4n) is 10.4. The Balaban J connectivity index is 1.82. The predicted octanol–water partition coefficient (Wildman–Crippen LogP) is 7.73. The molecule has 0 amide bonds. The number of rotatable bonds is 5. The summed E-state index contributed by atoms with van der Waals surface area (Å²) in [6.45, 7) is 19.1. The molecule has 0 saturated heterocycles. The van der Waals surface area contributed by atoms with E-state index >= 15 is 0 Å². The lowest BCUT2D eigenvalue weighted by molar-refractivity contribution is -0.187. The first-order valence-corrected chi connectivity index (χ1v) is 14.2. The Hall–Kier alpha value is -0.830. The Bertz CT molecular complexity index is 844. The number of carboxylic acids is 1. The molecule has 0 bridgehead atoms. The third-order valence-corrected chi connectivity index (χ3v) is 12.9. The number of aliphatic carboxylic acids is 1. The molecule has 4 aliphatic carbocycles. The summed E-state index contributed by atoms with van der Waals surface area (Å²) >= 11 is 0. The van der Waals surface area contributed by atoms with E-state index in [2.05, 4.69) is 47.6 Å². The molecule has 3 saturated carbocycles. The van der Waals surface area contributed by atoms with E-state index in [1.807, 2.05) is 13.8 Å². The zero-order chi connectivity index (χ0) is 25.3. The first kappa shape index (κ1) is 26.2. The monoisotopic (exact) mass is 472 g/mol. The smallest absolute Gasteiger partial charge is 0.309 e. The van der Waals surface area contributed by atoms with Crippen LogP contribution in [0.1, 0.15) is 113 Å². The number of aliphatic hydroxyl groups is 1. The molecule has 9 atom stereocenters. The van der Waals surface area contributed by atoms with Crippen LogP contribution in [0, 0.1) is 56.7 Å². The number of allylic oxidation sites excluding steroid dienone is 2. The minimum atomic E-state index is -0.762. The molecular formula is C31H52O3. The van der Waals surface area contributed by atoms with E-state index in [0.29, 0.717) is 17.3 Å². The topological polar surface area (TPSA) is 57.5 Å². The predicted molar refractivity (Wildman–Crippen MR) is 139 cm³/mol. The van der Waals surface area contributed by atoms with Gasteiger partial charge in [0, 0.05) is 6.61 Å². The van der Waals surface area contributed by atoms with Gasteiger partial charge >= 0.3 is 5.97 Å². The summed E-state index contributed by atoms with van der Waals surface area (Å²) in [6.07, 6.45) is 12.8. The second kappa shape index (κ2) is 8.35. The van der Waals surface area contributed by atoms with Crippen molar-refractivity contribution >= 4 is 5.97 Å². The van der Waals surface area contributed by atoms with Crippen LogP contribution in [0.4, 0.5) is 0 Å². The van der Waals surface area contributed by atoms with Crippen LogP contribution in [-0.4, -0.2) is 22.8 Å². The lowest BCUT2D eigenvalue weighted by Crippen LogP contribution is -2.63. The molecule has 0 spiro atoms. The average molecular weight is 473 g/mol. The van der Waals surface area contributed by atoms with Gasteiger partial charge in [0.25, 0.3) is 0 Å². The first-order chi connectivity index (χ1) is 15.7. The van der Waals surface area contributed by atoms with Gasteiger partial charge in [-0.2, -0.15) is 0 Å². The highest BCUT2D eigenvalue weighted by Gasteiger charge is 2.67. The van der Waals surface area contributed by atoms with Crippen molar-refractivity contribution in [1.82, 2.24) is 0 Å². The van der Waals surface area contributed by atoms with E-state index < -0.39 is 11.4 Å². The molecule has 3 nitrogen and oxygen atoms in total. The summed E-state index contributed by atoms with van der Waals surface area (Å²) in [5.41, 5.74) is 1.59. The van der Waals surface area contributed by atoms with Crippen molar-refractivity contribution < 1.29 is 15.0 Å². The lowest BCUT2D eigenvalue weighted by atomic mass is 9.34. The standard InChI is InChI=1S/C31H52O3/c1-20-12-15-28(5)17-18-29(6)22(25(28)21(20)2)13-16-31(8)24(29)11-10-23(27(3,4)26(33)34)30(31,7)14-9-19-32/h13,20-21,23-25,32H,9-12,14-19H2,1-8H3,(H,33,34). The van der Waals surface area contributed by atoms with Crippen molar-refractivity contribution in [3.63, 3.8) is 0 Å². The summed E-state index contributed by atoms with van der Waals surface area (Å²) in [6, 6.07) is 0. The minimum Gasteiger partial charge on any atom is -0.481 e. The first-order valence-electron chi connectivity index (χ1n) is 14.2. The second-order valence-electron chi connectivity index (χ2n) is 14.7. The van der Waals surface area contributed by atoms with Crippen LogP contribution in [0.5, 0.6) is 0 Å². The highest BCUT2D eigenvalue weighted by Crippen LogP contribution is 2.74. The normalized spacial score (nSPS) is 48.9. The Labute approximate surface area is 209 Å². The SMILES string of the molecule is CC1CCC2(C)CCC3(C)C(=CCC4(C)C3CCC(C(C)(C)C(=O)O)C4(C)CCCO)C2C1C. The van der Waals surface area contributed by atoms with Crippen LogP contribution < -0.4 is 0 Å². The van der Waals surface area contributed by atoms with Crippen LogP contribution in [0.3, 0.4) is 0 Å². The number of aliphatic hydroxyl groups excluding tert-OH is 1. The summed E-state index contributed by atoms with van der Waals surface area (Å²) in [4.78, 5) is 12.4. The third-order valence-electron chi connectivity index (χ3n) is 12.9. The van der Waals surface area contributed by atoms with Gasteiger partial charge < -0.3 is 10.2 Å². The van der Waals surface area contributed by atoms with E-state index in [0.717, 1.165) is 43.9 Å². The maximum atomic E-state index is 12.4. The number of carboxylic acid groups (broad SMARTS) is 1. The molecule has 3 heteroatoms. The van der Waals surface area contributed by atoms with Gasteiger partial charge in [-0.25, -0.2) is 0 Å². The van der Waals surface area contributed by atoms with Crippen molar-refractivity contribution in [2.45, 2.75) is 113 Å². The number of hydrogen-bond donors (Lipinski definition) is 2. The lowest BCUT2D eigenvalue weighted by Gasteiger charge is -2.69. The fourth-order valence-corrected chi connectivity index (χ4v) is 10.4. The zero-order valence-corrected chi connectivity index (χ0v) is 23.3. The van der Waals surface area contributed by atoms with Gasteiger partial charge in [-0.3, -0.25) is 4.79 Å². The third kappa shape index (κ3) is 3.41. The fraction of sp³-hybridized carbons (Fsp3) is 0.903. The summed E-state index contributed by atoms with van der Waals surface area (Å²) < 4.78 is 0. The van der Waals surface area contributed by atoms with Crippen LogP contribution in [-0.2, 0) is 4.79 Å². The molecule has 3 fully saturated rings. The number of hydrogen-bond acceptors (Lipinski definition) is 2. The molecule has 0 aromatic rings. The molecule has 194 valence electrons. The molecule has 0 aromatic heterocycles. The Morgan fingerprint density at radius 1 is 1.06 bits per heavy atom. The Morgan fingerprint density at radius 2 is 1.74 bits per heavy atom. The van der Waals surface area contributed by atoms with E-state index in [4.69, 9.17) is 0 Å². The van der Waals surface area contributed by atoms with Crippen molar-refractivity contribution in [1.29, 1.82) is 0 Å². The van der Waals surface area contributed by atoms with Crippen molar-refractivity contribution in [2.75, 3.05) is 6.61 Å². The average Bonchev–Trinajstić information content (AvgIpc) is 2.76. The van der Waals surface area contributed by atoms with Crippen molar-refractivity contribution in [3.8, 4) is 0 Å². The van der Waals surface area contributed by atoms with E-state index in [-0.39, 0.29) is 28.8 Å². The highest BCUT2D eigenvalue weighted by molar-refractivity contribution is 5.74. The largest absolute Gasteiger partial charge is 0.481 e. The highest BCUT2D eigenvalue weighted by atomic mass is 16.4. The molecule has 0 heterocycles. The molecule has 9 unspecified atom stereocenters. The van der Waals surface area contributed by atoms with E-state index in [9.17, 15) is 15.0 Å². The molecule has 0 aliphatic heterocycles. The zero-order valence-electron chi connectivity index (χ0n) is 23.3. The number of carbonyl (C=O) groups is 1. The molecule has 2 N–H and O–H groups in total. The van der Waals surface area contributed by atoms with Gasteiger partial charge in [-0.1, -0.05) is 53.2 Å². The van der Waals surface area contributed by atoms with Gasteiger partial charge in [-0.15, -0.1) is 0 Å². The Kier molecular flexibility index (Phi) is 6.45. The minimum absolute atomic E-state index is 0.0489. The van der Waals surface area contributed by atoms with E-state index in [1.54, 1.807) is 5.57 Å². The van der Waals surface area contributed by atoms with Crippen LogP contribution in [0.25, 0.3) is 0 Å². The molecule has 0 radical (unpaired) electrons. The van der Waals surface area contributed by atoms with Gasteiger partial charge in [0.05, 0.1) is 5.41 Å². The summed E-state index contributed by atoms with van der Waals surface area (Å²) in [7, 11) is 0. The molecule has 4 rings (SSSR count). The molecular weight excluding hydrogens is 420 g/mol. The van der Waals surface area contributed by atoms with Crippen LogP contribution in [0.15, 0.2) is 11.6 Å². The van der Waals surface area contributed by atoms with Crippen molar-refractivity contribution in [2.24, 2.45) is 56.7 Å². The van der Waals surface area contributed by atoms with Gasteiger partial charge in [-0.05, 0) is 123 Å². The maximum absolute atomic E-state index is 12.4. The van der Waals surface area contributed by atoms with Gasteiger partial charge in [0.2, 0.25) is 0 Å². The molecule has 34 heavy (non-hydrogen) atoms. The van der Waals surface area contributed by atoms with Gasteiger partial charge in [0.1, 0.15) is 0 Å².